The Morgan fingerprint density at radius 1 is 0.959 bits per heavy atom. The highest BCUT2D eigenvalue weighted by atomic mass is 19.1. The van der Waals surface area contributed by atoms with E-state index < -0.39 is 6.03 Å². The number of nitrogens with one attached hydrogen (secondary N) is 1. The molecule has 9 heteroatoms. The zero-order chi connectivity index (χ0) is 35.5. The highest BCUT2D eigenvalue weighted by molar-refractivity contribution is 6.04. The topological polar surface area (TPSA) is 101 Å². The van der Waals surface area contributed by atoms with Gasteiger partial charge in [-0.2, -0.15) is 0 Å². The molecule has 1 aliphatic heterocycles. The normalized spacial score (nSPS) is 14.1. The van der Waals surface area contributed by atoms with Crippen LogP contribution >= 0.6 is 0 Å². The zero-order valence-corrected chi connectivity index (χ0v) is 30.4. The molecule has 0 radical (unpaired) electrons. The van der Waals surface area contributed by atoms with Gasteiger partial charge < -0.3 is 15.8 Å². The number of hydrogen-bond donors (Lipinski definition) is 2. The number of anilines is 1. The third-order valence-corrected chi connectivity index (χ3v) is 9.47. The average molecular weight is 674 g/mol. The van der Waals surface area contributed by atoms with Crippen LogP contribution in [0.5, 0.6) is 0 Å². The van der Waals surface area contributed by atoms with Crippen LogP contribution in [0.2, 0.25) is 0 Å². The van der Waals surface area contributed by atoms with Crippen LogP contribution < -0.4 is 16.0 Å². The Hall–Kier alpha value is -3.82. The van der Waals surface area contributed by atoms with Crippen molar-refractivity contribution in [3.8, 4) is 11.1 Å². The van der Waals surface area contributed by atoms with E-state index in [9.17, 15) is 14.0 Å². The van der Waals surface area contributed by atoms with Gasteiger partial charge in [0.25, 0.3) is 5.91 Å². The van der Waals surface area contributed by atoms with Gasteiger partial charge in [-0.25, -0.2) is 9.18 Å². The molecule has 3 N–H and O–H groups in total. The minimum atomic E-state index is -0.547. The van der Waals surface area contributed by atoms with Gasteiger partial charge in [-0.15, -0.1) is 0 Å². The van der Waals surface area contributed by atoms with Crippen LogP contribution in [0.25, 0.3) is 11.1 Å². The van der Waals surface area contributed by atoms with Gasteiger partial charge in [-0.1, -0.05) is 84.6 Å². The first-order chi connectivity index (χ1) is 23.5. The van der Waals surface area contributed by atoms with Crippen molar-refractivity contribution in [3.63, 3.8) is 0 Å². The Bertz CT molecular complexity index is 1530. The van der Waals surface area contributed by atoms with E-state index >= 15 is 0 Å². The number of piperidine rings is 1. The molecule has 8 nitrogen and oxygen atoms in total. The number of amides is 3. The largest absolute Gasteiger partial charge is 0.380 e. The van der Waals surface area contributed by atoms with Gasteiger partial charge in [0.2, 0.25) is 0 Å². The third kappa shape index (κ3) is 9.88. The molecular formula is C40H56FN5O3. The Labute approximate surface area is 292 Å². The molecular weight excluding hydrogens is 617 g/mol. The molecule has 0 spiro atoms. The molecule has 4 rings (SSSR count). The van der Waals surface area contributed by atoms with Gasteiger partial charge >= 0.3 is 6.03 Å². The van der Waals surface area contributed by atoms with Crippen LogP contribution in [-0.2, 0) is 17.9 Å². The van der Waals surface area contributed by atoms with Crippen molar-refractivity contribution < 1.29 is 18.7 Å². The third-order valence-electron chi connectivity index (χ3n) is 9.47. The predicted octanol–water partition coefficient (Wildman–Crippen LogP) is 8.53. The number of unbranched alkanes of at least 4 members (excludes halogenated alkanes) is 4. The fraction of sp³-hybridized carbons (Fsp3) is 0.525. The van der Waals surface area contributed by atoms with E-state index in [1.165, 1.54) is 23.5 Å². The summed E-state index contributed by atoms with van der Waals surface area (Å²) in [4.78, 5) is 35.3. The quantitative estimate of drug-likeness (QED) is 0.149. The number of hydrogen-bond acceptors (Lipinski definition) is 5. The van der Waals surface area contributed by atoms with Crippen molar-refractivity contribution in [1.82, 2.24) is 15.2 Å². The summed E-state index contributed by atoms with van der Waals surface area (Å²) in [5.41, 5.74) is 13.1. The number of rotatable bonds is 16. The Kier molecular flexibility index (Phi) is 14.2. The van der Waals surface area contributed by atoms with Gasteiger partial charge in [0.05, 0.1) is 17.9 Å². The van der Waals surface area contributed by atoms with Gasteiger partial charge in [-0.3, -0.25) is 19.6 Å². The summed E-state index contributed by atoms with van der Waals surface area (Å²) >= 11 is 0. The first kappa shape index (κ1) is 38.0. The van der Waals surface area contributed by atoms with Crippen molar-refractivity contribution in [2.24, 2.45) is 5.73 Å². The molecule has 0 atom stereocenters. The number of likely N-dealkylation sites (tertiary alicyclic amines) is 1. The molecule has 2 aromatic carbocycles. The SMILES string of the molecule is CCCCCCCN(C(N)=O)c1ccccc1C(=O)NC1CCN(Cc2c(C(C)C)nc(C(C)C)c(COC)c2-c2ccc(F)cc2)CC1. The molecule has 0 saturated carbocycles. The summed E-state index contributed by atoms with van der Waals surface area (Å²) in [5.74, 6) is -0.0697. The fourth-order valence-electron chi connectivity index (χ4n) is 6.92. The summed E-state index contributed by atoms with van der Waals surface area (Å²) in [6.07, 6.45) is 6.85. The number of methoxy groups -OCH3 is 1. The monoisotopic (exact) mass is 673 g/mol. The molecule has 0 aliphatic carbocycles. The Morgan fingerprint density at radius 3 is 2.20 bits per heavy atom. The summed E-state index contributed by atoms with van der Waals surface area (Å²) in [5, 5.41) is 3.25. The molecule has 1 aromatic heterocycles. The predicted molar refractivity (Wildman–Crippen MR) is 196 cm³/mol. The second-order valence-corrected chi connectivity index (χ2v) is 13.9. The molecule has 266 valence electrons. The van der Waals surface area contributed by atoms with Crippen LogP contribution in [0.4, 0.5) is 14.9 Å². The maximum absolute atomic E-state index is 14.1. The maximum atomic E-state index is 14.1. The lowest BCUT2D eigenvalue weighted by atomic mass is 9.86. The van der Waals surface area contributed by atoms with Crippen LogP contribution in [0.1, 0.15) is 124 Å². The number of halogens is 1. The van der Waals surface area contributed by atoms with E-state index in [0.717, 1.165) is 85.3 Å². The van der Waals surface area contributed by atoms with E-state index in [1.54, 1.807) is 19.2 Å². The molecule has 1 aliphatic rings. The van der Waals surface area contributed by atoms with Crippen molar-refractivity contribution >= 4 is 17.6 Å². The standard InChI is InChI=1S/C40H56FN5O3/c1-7-8-9-10-13-22-46(40(42)48)35-15-12-11-14-32(35)39(47)43-31-20-23-45(24-21-31)25-33-36(29-16-18-30(41)19-17-29)34(26-49-6)38(28(4)5)44-37(33)27(2)3/h11-12,14-19,27-28,31H,7-10,13,20-26H2,1-6H3,(H2,42,48)(H,43,47). The highest BCUT2D eigenvalue weighted by Crippen LogP contribution is 2.38. The van der Waals surface area contributed by atoms with Gasteiger partial charge in [0.15, 0.2) is 0 Å². The van der Waals surface area contributed by atoms with Gasteiger partial charge in [0, 0.05) is 56.3 Å². The lowest BCUT2D eigenvalue weighted by molar-refractivity contribution is 0.0909. The van der Waals surface area contributed by atoms with E-state index in [4.69, 9.17) is 15.5 Å². The number of primary amides is 1. The molecule has 3 amide bonds. The summed E-state index contributed by atoms with van der Waals surface area (Å²) < 4.78 is 19.8. The molecule has 3 aromatic rings. The van der Waals surface area contributed by atoms with Crippen LogP contribution in [0, 0.1) is 5.82 Å². The zero-order valence-electron chi connectivity index (χ0n) is 30.4. The molecule has 0 unspecified atom stereocenters. The number of aromatic nitrogens is 1. The van der Waals surface area contributed by atoms with Crippen molar-refractivity contribution in [2.45, 2.75) is 111 Å². The number of pyridine rings is 1. The van der Waals surface area contributed by atoms with E-state index in [1.807, 2.05) is 24.3 Å². The smallest absolute Gasteiger partial charge is 0.319 e. The van der Waals surface area contributed by atoms with Gasteiger partial charge in [-0.05, 0) is 72.1 Å². The highest BCUT2D eigenvalue weighted by Gasteiger charge is 2.28. The maximum Gasteiger partial charge on any atom is 0.319 e. The first-order valence-corrected chi connectivity index (χ1v) is 18.0. The fourth-order valence-corrected chi connectivity index (χ4v) is 6.92. The van der Waals surface area contributed by atoms with Crippen molar-refractivity contribution in [2.75, 3.05) is 31.6 Å². The molecule has 2 heterocycles. The average Bonchev–Trinajstić information content (AvgIpc) is 3.07. The minimum absolute atomic E-state index is 0.000453. The lowest BCUT2D eigenvalue weighted by Crippen LogP contribution is -2.45. The molecule has 1 saturated heterocycles. The number of carbonyl (C=O) groups is 2. The van der Waals surface area contributed by atoms with Crippen molar-refractivity contribution in [1.29, 1.82) is 0 Å². The number of para-hydroxylation sites is 1. The van der Waals surface area contributed by atoms with Crippen LogP contribution in [0.15, 0.2) is 48.5 Å². The lowest BCUT2D eigenvalue weighted by Gasteiger charge is -2.34. The Morgan fingerprint density at radius 2 is 1.59 bits per heavy atom. The summed E-state index contributed by atoms with van der Waals surface area (Å²) in [7, 11) is 1.70. The number of carbonyl (C=O) groups excluding carboxylic acids is 2. The second kappa shape index (κ2) is 18.3. The second-order valence-electron chi connectivity index (χ2n) is 13.9. The number of urea groups is 1. The summed E-state index contributed by atoms with van der Waals surface area (Å²) in [6.45, 7) is 14.0. The number of ether oxygens (including phenoxy) is 1. The molecule has 49 heavy (non-hydrogen) atoms. The van der Waals surface area contributed by atoms with E-state index in [2.05, 4.69) is 44.8 Å². The van der Waals surface area contributed by atoms with Crippen molar-refractivity contribution in [3.05, 3.63) is 82.4 Å². The first-order valence-electron chi connectivity index (χ1n) is 18.0. The number of nitrogens with two attached hydrogens (primary N) is 1. The summed E-state index contributed by atoms with van der Waals surface area (Å²) in [6, 6.07) is 13.4. The molecule has 1 fully saturated rings. The van der Waals surface area contributed by atoms with Crippen LogP contribution in [0.3, 0.4) is 0 Å². The van der Waals surface area contributed by atoms with Crippen LogP contribution in [-0.4, -0.2) is 54.6 Å². The van der Waals surface area contributed by atoms with Gasteiger partial charge in [0.1, 0.15) is 5.82 Å². The minimum Gasteiger partial charge on any atom is -0.380 e. The van der Waals surface area contributed by atoms with E-state index in [0.29, 0.717) is 30.9 Å². The molecule has 0 bridgehead atoms. The Balaban J connectivity index is 1.52. The van der Waals surface area contributed by atoms with E-state index in [-0.39, 0.29) is 29.6 Å². The number of nitrogens with zero attached hydrogens (tertiary/aromatic N) is 3. The number of benzene rings is 2.